The summed E-state index contributed by atoms with van der Waals surface area (Å²) >= 11 is 6.17. The van der Waals surface area contributed by atoms with Crippen LogP contribution in [0.4, 0.5) is 11.4 Å². The topological polar surface area (TPSA) is 55.2 Å². The standard InChI is InChI=1S/C16H15ClN2O2/c17-14-9-8-13(19(20)21)10-15(14)18-16(12-6-7-12)11-4-2-1-3-5-11/h1-5,8-10,12,16,18H,6-7H2. The van der Waals surface area contributed by atoms with Crippen LogP contribution in [0, 0.1) is 16.0 Å². The average molecular weight is 303 g/mol. The number of benzene rings is 2. The van der Waals surface area contributed by atoms with Crippen LogP contribution in [0.1, 0.15) is 24.4 Å². The number of nitro groups is 1. The highest BCUT2D eigenvalue weighted by Gasteiger charge is 2.32. The zero-order chi connectivity index (χ0) is 14.8. The Morgan fingerprint density at radius 3 is 2.52 bits per heavy atom. The maximum Gasteiger partial charge on any atom is 0.271 e. The third-order valence-electron chi connectivity index (χ3n) is 3.72. The lowest BCUT2D eigenvalue weighted by molar-refractivity contribution is -0.384. The Bertz CT molecular complexity index is 657. The Balaban J connectivity index is 1.90. The van der Waals surface area contributed by atoms with Gasteiger partial charge < -0.3 is 5.32 Å². The highest BCUT2D eigenvalue weighted by atomic mass is 35.5. The summed E-state index contributed by atoms with van der Waals surface area (Å²) in [4.78, 5) is 10.5. The largest absolute Gasteiger partial charge is 0.377 e. The molecule has 0 saturated heterocycles. The van der Waals surface area contributed by atoms with Gasteiger partial charge in [-0.15, -0.1) is 0 Å². The van der Waals surface area contributed by atoms with Crippen LogP contribution in [0.2, 0.25) is 5.02 Å². The van der Waals surface area contributed by atoms with E-state index >= 15 is 0 Å². The molecule has 2 aromatic carbocycles. The van der Waals surface area contributed by atoms with Crippen LogP contribution in [-0.4, -0.2) is 4.92 Å². The van der Waals surface area contributed by atoms with Crippen molar-refractivity contribution < 1.29 is 4.92 Å². The molecule has 0 heterocycles. The van der Waals surface area contributed by atoms with Crippen LogP contribution >= 0.6 is 11.6 Å². The van der Waals surface area contributed by atoms with Crippen molar-refractivity contribution in [3.63, 3.8) is 0 Å². The van der Waals surface area contributed by atoms with Gasteiger partial charge in [0.05, 0.1) is 21.7 Å². The molecule has 0 aromatic heterocycles. The molecule has 1 fully saturated rings. The molecule has 2 aromatic rings. The van der Waals surface area contributed by atoms with E-state index in [2.05, 4.69) is 17.4 Å². The summed E-state index contributed by atoms with van der Waals surface area (Å²) in [6, 6.07) is 14.8. The molecule has 0 amide bonds. The van der Waals surface area contributed by atoms with Crippen molar-refractivity contribution in [1.29, 1.82) is 0 Å². The number of nitrogens with zero attached hydrogens (tertiary/aromatic N) is 1. The Hall–Kier alpha value is -2.07. The monoisotopic (exact) mass is 302 g/mol. The second-order valence-electron chi connectivity index (χ2n) is 5.29. The minimum atomic E-state index is -0.407. The van der Waals surface area contributed by atoms with E-state index < -0.39 is 4.92 Å². The number of non-ortho nitro benzene ring substituents is 1. The van der Waals surface area contributed by atoms with Crippen molar-refractivity contribution in [3.8, 4) is 0 Å². The summed E-state index contributed by atoms with van der Waals surface area (Å²) in [6.07, 6.45) is 2.33. The molecule has 5 heteroatoms. The second kappa shape index (κ2) is 5.74. The predicted molar refractivity (Wildman–Crippen MR) is 83.6 cm³/mol. The molecule has 1 atom stereocenters. The summed E-state index contributed by atoms with van der Waals surface area (Å²) in [6.45, 7) is 0. The van der Waals surface area contributed by atoms with Gasteiger partial charge in [-0.05, 0) is 30.4 Å². The molecule has 21 heavy (non-hydrogen) atoms. The fourth-order valence-electron chi connectivity index (χ4n) is 2.47. The molecule has 1 aliphatic carbocycles. The third-order valence-corrected chi connectivity index (χ3v) is 4.05. The van der Waals surface area contributed by atoms with Gasteiger partial charge in [-0.2, -0.15) is 0 Å². The van der Waals surface area contributed by atoms with Crippen molar-refractivity contribution in [2.24, 2.45) is 5.92 Å². The second-order valence-corrected chi connectivity index (χ2v) is 5.70. The maximum atomic E-state index is 10.9. The molecule has 1 saturated carbocycles. The van der Waals surface area contributed by atoms with E-state index in [9.17, 15) is 10.1 Å². The zero-order valence-corrected chi connectivity index (χ0v) is 12.1. The lowest BCUT2D eigenvalue weighted by Crippen LogP contribution is -2.13. The van der Waals surface area contributed by atoms with Crippen LogP contribution in [-0.2, 0) is 0 Å². The number of nitro benzene ring substituents is 1. The smallest absolute Gasteiger partial charge is 0.271 e. The zero-order valence-electron chi connectivity index (χ0n) is 11.3. The number of hydrogen-bond donors (Lipinski definition) is 1. The van der Waals surface area contributed by atoms with Crippen LogP contribution in [0.5, 0.6) is 0 Å². The van der Waals surface area contributed by atoms with Crippen LogP contribution in [0.15, 0.2) is 48.5 Å². The van der Waals surface area contributed by atoms with Gasteiger partial charge >= 0.3 is 0 Å². The lowest BCUT2D eigenvalue weighted by atomic mass is 10.0. The molecule has 1 N–H and O–H groups in total. The fourth-order valence-corrected chi connectivity index (χ4v) is 2.64. The summed E-state index contributed by atoms with van der Waals surface area (Å²) < 4.78 is 0. The van der Waals surface area contributed by atoms with Crippen LogP contribution in [0.3, 0.4) is 0 Å². The van der Waals surface area contributed by atoms with Gasteiger partial charge in [-0.3, -0.25) is 10.1 Å². The SMILES string of the molecule is O=[N+]([O-])c1ccc(Cl)c(NC(c2ccccc2)C2CC2)c1. The highest BCUT2D eigenvalue weighted by Crippen LogP contribution is 2.44. The molecule has 0 radical (unpaired) electrons. The molecule has 3 rings (SSSR count). The number of hydrogen-bond acceptors (Lipinski definition) is 3. The van der Waals surface area contributed by atoms with Crippen molar-refractivity contribution >= 4 is 23.0 Å². The van der Waals surface area contributed by atoms with E-state index in [0.29, 0.717) is 16.6 Å². The normalized spacial score (nSPS) is 15.5. The first-order valence-corrected chi connectivity index (χ1v) is 7.28. The molecule has 0 spiro atoms. The molecule has 0 aliphatic heterocycles. The van der Waals surface area contributed by atoms with Crippen molar-refractivity contribution in [2.45, 2.75) is 18.9 Å². The molecule has 108 valence electrons. The Kier molecular flexibility index (Phi) is 3.80. The van der Waals surface area contributed by atoms with Gasteiger partial charge in [0.2, 0.25) is 0 Å². The van der Waals surface area contributed by atoms with Gasteiger partial charge in [-0.25, -0.2) is 0 Å². The molecular weight excluding hydrogens is 288 g/mol. The summed E-state index contributed by atoms with van der Waals surface area (Å²) in [5.41, 5.74) is 1.85. The number of anilines is 1. The average Bonchev–Trinajstić information content (AvgIpc) is 3.31. The van der Waals surface area contributed by atoms with Gasteiger partial charge in [0.15, 0.2) is 0 Å². The van der Waals surface area contributed by atoms with Crippen molar-refractivity contribution in [1.82, 2.24) is 0 Å². The van der Waals surface area contributed by atoms with Crippen LogP contribution in [0.25, 0.3) is 0 Å². The van der Waals surface area contributed by atoms with Gasteiger partial charge in [-0.1, -0.05) is 41.9 Å². The molecular formula is C16H15ClN2O2. The van der Waals surface area contributed by atoms with Gasteiger partial charge in [0.25, 0.3) is 5.69 Å². The summed E-state index contributed by atoms with van der Waals surface area (Å²) in [7, 11) is 0. The van der Waals surface area contributed by atoms with E-state index in [-0.39, 0.29) is 11.7 Å². The van der Waals surface area contributed by atoms with Gasteiger partial charge in [0, 0.05) is 12.1 Å². The molecule has 4 nitrogen and oxygen atoms in total. The van der Waals surface area contributed by atoms with E-state index in [4.69, 9.17) is 11.6 Å². The Morgan fingerprint density at radius 2 is 1.90 bits per heavy atom. The first-order valence-electron chi connectivity index (χ1n) is 6.90. The number of nitrogens with one attached hydrogen (secondary N) is 1. The fraction of sp³-hybridized carbons (Fsp3) is 0.250. The summed E-state index contributed by atoms with van der Waals surface area (Å²) in [5.74, 6) is 0.558. The maximum absolute atomic E-state index is 10.9. The molecule has 1 aliphatic rings. The van der Waals surface area contributed by atoms with Gasteiger partial charge in [0.1, 0.15) is 0 Å². The lowest BCUT2D eigenvalue weighted by Gasteiger charge is -2.20. The van der Waals surface area contributed by atoms with Crippen molar-refractivity contribution in [3.05, 3.63) is 69.2 Å². The Labute approximate surface area is 127 Å². The molecule has 1 unspecified atom stereocenters. The van der Waals surface area contributed by atoms with E-state index in [0.717, 1.165) is 0 Å². The van der Waals surface area contributed by atoms with Crippen molar-refractivity contribution in [2.75, 3.05) is 5.32 Å². The first kappa shape index (κ1) is 13.9. The van der Waals surface area contributed by atoms with E-state index in [1.807, 2.05) is 18.2 Å². The minimum absolute atomic E-state index is 0.0458. The predicted octanol–water partition coefficient (Wildman–Crippen LogP) is 4.81. The Morgan fingerprint density at radius 1 is 1.19 bits per heavy atom. The highest BCUT2D eigenvalue weighted by molar-refractivity contribution is 6.33. The first-order chi connectivity index (χ1) is 10.1. The van der Waals surface area contributed by atoms with E-state index in [1.54, 1.807) is 6.07 Å². The third kappa shape index (κ3) is 3.16. The number of rotatable bonds is 5. The quantitative estimate of drug-likeness (QED) is 0.637. The molecule has 0 bridgehead atoms. The number of halogens is 1. The van der Waals surface area contributed by atoms with Crippen LogP contribution < -0.4 is 5.32 Å². The minimum Gasteiger partial charge on any atom is -0.377 e. The summed E-state index contributed by atoms with van der Waals surface area (Å²) in [5, 5.41) is 14.8. The van der Waals surface area contributed by atoms with E-state index in [1.165, 1.54) is 30.5 Å².